The minimum atomic E-state index is -1.21. The van der Waals surface area contributed by atoms with Gasteiger partial charge in [0.2, 0.25) is 5.82 Å². The van der Waals surface area contributed by atoms with E-state index in [1.54, 1.807) is 19.1 Å². The van der Waals surface area contributed by atoms with Crippen LogP contribution in [0.2, 0.25) is 0 Å². The molecule has 0 fully saturated rings. The molecule has 9 nitrogen and oxygen atoms in total. The third-order valence-corrected chi connectivity index (χ3v) is 2.91. The minimum absolute atomic E-state index is 0.0120. The predicted octanol–water partition coefficient (Wildman–Crippen LogP) is 0.206. The highest BCUT2D eigenvalue weighted by molar-refractivity contribution is 6.35. The van der Waals surface area contributed by atoms with Crippen molar-refractivity contribution in [2.45, 2.75) is 13.8 Å². The maximum Gasteiger partial charge on any atom is 0.398 e. The van der Waals surface area contributed by atoms with Crippen molar-refractivity contribution in [1.82, 2.24) is 9.66 Å². The molecule has 1 amide bonds. The Morgan fingerprint density at radius 1 is 1.12 bits per heavy atom. The number of esters is 2. The maximum absolute atomic E-state index is 12.5. The first-order valence-corrected chi connectivity index (χ1v) is 7.16. The quantitative estimate of drug-likeness (QED) is 0.627. The van der Waals surface area contributed by atoms with Crippen molar-refractivity contribution in [2.24, 2.45) is 0 Å². The number of hydrogen-bond acceptors (Lipinski definition) is 7. The molecule has 0 bridgehead atoms. The van der Waals surface area contributed by atoms with Crippen molar-refractivity contribution in [3.05, 3.63) is 40.4 Å². The first-order valence-electron chi connectivity index (χ1n) is 7.16. The van der Waals surface area contributed by atoms with Crippen LogP contribution in [0.3, 0.4) is 0 Å². The average Bonchev–Trinajstić information content (AvgIpc) is 2.57. The SMILES string of the molecule is CCOC(=O)C(=O)Nn1c(C(=O)OCC)nc2ccccc2c1=O. The summed E-state index contributed by atoms with van der Waals surface area (Å²) in [5.74, 6) is -3.75. The van der Waals surface area contributed by atoms with Gasteiger partial charge in [-0.05, 0) is 26.0 Å². The van der Waals surface area contributed by atoms with Gasteiger partial charge in [0.25, 0.3) is 5.56 Å². The second-order valence-corrected chi connectivity index (χ2v) is 4.47. The zero-order valence-corrected chi connectivity index (χ0v) is 13.1. The van der Waals surface area contributed by atoms with Crippen LogP contribution in [0.4, 0.5) is 0 Å². The zero-order chi connectivity index (χ0) is 17.7. The molecular formula is C15H15N3O6. The molecular weight excluding hydrogens is 318 g/mol. The molecule has 0 aliphatic carbocycles. The molecule has 24 heavy (non-hydrogen) atoms. The Hall–Kier alpha value is -3.23. The molecule has 0 aliphatic rings. The third kappa shape index (κ3) is 3.40. The molecule has 126 valence electrons. The van der Waals surface area contributed by atoms with E-state index in [2.05, 4.69) is 9.72 Å². The number of para-hydroxylation sites is 1. The van der Waals surface area contributed by atoms with Gasteiger partial charge in [-0.3, -0.25) is 9.59 Å². The lowest BCUT2D eigenvalue weighted by atomic mass is 10.2. The van der Waals surface area contributed by atoms with E-state index in [1.165, 1.54) is 19.1 Å². The van der Waals surface area contributed by atoms with Gasteiger partial charge in [0.05, 0.1) is 24.1 Å². The number of carbonyl (C=O) groups excluding carboxylic acids is 3. The highest BCUT2D eigenvalue weighted by Gasteiger charge is 2.23. The normalized spacial score (nSPS) is 10.2. The van der Waals surface area contributed by atoms with E-state index in [0.717, 1.165) is 0 Å². The van der Waals surface area contributed by atoms with Crippen LogP contribution in [0.25, 0.3) is 10.9 Å². The fraction of sp³-hybridized carbons (Fsp3) is 0.267. The molecule has 0 atom stereocenters. The summed E-state index contributed by atoms with van der Waals surface area (Å²) in [6, 6.07) is 6.27. The van der Waals surface area contributed by atoms with Crippen LogP contribution in [-0.2, 0) is 19.1 Å². The summed E-state index contributed by atoms with van der Waals surface area (Å²) < 4.78 is 9.96. The number of hydrogen-bond donors (Lipinski definition) is 1. The summed E-state index contributed by atoms with van der Waals surface area (Å²) in [4.78, 5) is 51.8. The van der Waals surface area contributed by atoms with Crippen molar-refractivity contribution in [1.29, 1.82) is 0 Å². The molecule has 0 radical (unpaired) electrons. The van der Waals surface area contributed by atoms with E-state index < -0.39 is 29.2 Å². The lowest BCUT2D eigenvalue weighted by molar-refractivity contribution is -0.152. The van der Waals surface area contributed by atoms with Gasteiger partial charge in [-0.15, -0.1) is 0 Å². The standard InChI is InChI=1S/C15H15N3O6/c1-3-23-14(21)11-16-10-8-6-5-7-9(10)13(20)18(11)17-12(19)15(22)24-4-2/h5-8H,3-4H2,1-2H3,(H,17,19). The molecule has 0 aliphatic heterocycles. The van der Waals surface area contributed by atoms with Crippen LogP contribution in [-0.4, -0.2) is 40.7 Å². The topological polar surface area (TPSA) is 117 Å². The van der Waals surface area contributed by atoms with Crippen LogP contribution in [0.5, 0.6) is 0 Å². The largest absolute Gasteiger partial charge is 0.460 e. The van der Waals surface area contributed by atoms with Gasteiger partial charge in [0.15, 0.2) is 0 Å². The maximum atomic E-state index is 12.5. The lowest BCUT2D eigenvalue weighted by Crippen LogP contribution is -2.41. The molecule has 9 heteroatoms. The minimum Gasteiger partial charge on any atom is -0.460 e. The number of aromatic nitrogens is 2. The lowest BCUT2D eigenvalue weighted by Gasteiger charge is -2.12. The molecule has 2 aromatic rings. The Morgan fingerprint density at radius 2 is 1.79 bits per heavy atom. The Kier molecular flexibility index (Phi) is 5.25. The summed E-state index contributed by atoms with van der Waals surface area (Å²) in [5.41, 5.74) is 1.56. The van der Waals surface area contributed by atoms with Crippen molar-refractivity contribution < 1.29 is 23.9 Å². The van der Waals surface area contributed by atoms with Crippen molar-refractivity contribution >= 4 is 28.7 Å². The van der Waals surface area contributed by atoms with E-state index in [4.69, 9.17) is 4.74 Å². The van der Waals surface area contributed by atoms with Crippen LogP contribution < -0.4 is 11.0 Å². The number of nitrogens with zero attached hydrogens (tertiary/aromatic N) is 2. The van der Waals surface area contributed by atoms with E-state index in [0.29, 0.717) is 4.68 Å². The smallest absolute Gasteiger partial charge is 0.398 e. The zero-order valence-electron chi connectivity index (χ0n) is 13.1. The molecule has 2 rings (SSSR count). The van der Waals surface area contributed by atoms with Gasteiger partial charge in [-0.1, -0.05) is 12.1 Å². The molecule has 1 aromatic carbocycles. The van der Waals surface area contributed by atoms with Crippen molar-refractivity contribution in [3.63, 3.8) is 0 Å². The van der Waals surface area contributed by atoms with Gasteiger partial charge in [-0.25, -0.2) is 20.0 Å². The number of benzene rings is 1. The van der Waals surface area contributed by atoms with Gasteiger partial charge >= 0.3 is 17.8 Å². The number of nitrogens with one attached hydrogen (secondary N) is 1. The Morgan fingerprint density at radius 3 is 2.46 bits per heavy atom. The van der Waals surface area contributed by atoms with E-state index in [9.17, 15) is 19.2 Å². The molecule has 0 saturated heterocycles. The fourth-order valence-corrected chi connectivity index (χ4v) is 1.91. The van der Waals surface area contributed by atoms with Crippen LogP contribution in [0.15, 0.2) is 29.1 Å². The van der Waals surface area contributed by atoms with E-state index >= 15 is 0 Å². The van der Waals surface area contributed by atoms with Crippen LogP contribution >= 0.6 is 0 Å². The summed E-state index contributed by atoms with van der Waals surface area (Å²) >= 11 is 0. The van der Waals surface area contributed by atoms with Crippen LogP contribution in [0, 0.1) is 0 Å². The Labute approximate surface area is 136 Å². The van der Waals surface area contributed by atoms with Gasteiger partial charge in [-0.2, -0.15) is 4.68 Å². The summed E-state index contributed by atoms with van der Waals surface area (Å²) in [5, 5.41) is 0.162. The average molecular weight is 333 g/mol. The monoisotopic (exact) mass is 333 g/mol. The van der Waals surface area contributed by atoms with E-state index in [1.807, 2.05) is 5.43 Å². The molecule has 1 aromatic heterocycles. The first kappa shape index (κ1) is 17.1. The highest BCUT2D eigenvalue weighted by Crippen LogP contribution is 2.08. The number of rotatable bonds is 4. The first-order chi connectivity index (χ1) is 11.5. The molecule has 1 N–H and O–H groups in total. The van der Waals surface area contributed by atoms with Gasteiger partial charge in [0.1, 0.15) is 0 Å². The number of amides is 1. The van der Waals surface area contributed by atoms with E-state index in [-0.39, 0.29) is 24.1 Å². The molecule has 0 spiro atoms. The summed E-state index contributed by atoms with van der Waals surface area (Å²) in [6.07, 6.45) is 0. The highest BCUT2D eigenvalue weighted by atomic mass is 16.5. The molecule has 0 saturated carbocycles. The molecule has 1 heterocycles. The van der Waals surface area contributed by atoms with Crippen molar-refractivity contribution in [3.8, 4) is 0 Å². The number of carbonyl (C=O) groups is 3. The number of ether oxygens (including phenoxy) is 2. The predicted molar refractivity (Wildman–Crippen MR) is 83.0 cm³/mol. The second-order valence-electron chi connectivity index (χ2n) is 4.47. The third-order valence-electron chi connectivity index (χ3n) is 2.91. The fourth-order valence-electron chi connectivity index (χ4n) is 1.91. The summed E-state index contributed by atoms with van der Waals surface area (Å²) in [7, 11) is 0. The van der Waals surface area contributed by atoms with Gasteiger partial charge in [0, 0.05) is 0 Å². The van der Waals surface area contributed by atoms with Crippen molar-refractivity contribution in [2.75, 3.05) is 18.6 Å². The second kappa shape index (κ2) is 7.36. The van der Waals surface area contributed by atoms with Crippen LogP contribution in [0.1, 0.15) is 24.5 Å². The summed E-state index contributed by atoms with van der Waals surface area (Å²) in [6.45, 7) is 3.15. The van der Waals surface area contributed by atoms with Gasteiger partial charge < -0.3 is 9.47 Å². The Balaban J connectivity index is 2.56. The molecule has 0 unspecified atom stereocenters. The number of fused-ring (bicyclic) bond motifs is 1. The Bertz CT molecular complexity index is 858.